The van der Waals surface area contributed by atoms with Gasteiger partial charge in [0.1, 0.15) is 0 Å². The van der Waals surface area contributed by atoms with Gasteiger partial charge in [-0.1, -0.05) is 22.4 Å². The lowest BCUT2D eigenvalue weighted by molar-refractivity contribution is 0.0780. The van der Waals surface area contributed by atoms with Crippen molar-refractivity contribution in [3.05, 3.63) is 28.2 Å². The van der Waals surface area contributed by atoms with Crippen molar-refractivity contribution in [2.45, 2.75) is 24.2 Å². The first kappa shape index (κ1) is 15.3. The summed E-state index contributed by atoms with van der Waals surface area (Å²) >= 11 is 3.24. The molecule has 0 aromatic heterocycles. The number of fused-ring (bicyclic) bond motifs is 1. The molecule has 1 heterocycles. The zero-order valence-corrected chi connectivity index (χ0v) is 14.4. The average molecular weight is 393 g/mol. The van der Waals surface area contributed by atoms with Crippen LogP contribution in [0.4, 0.5) is 0 Å². The SMILES string of the molecule is O=C(c1cc(Br)cc(S(=O)(=O)Cl)c1)N1CC2CCCC2C1. The maximum atomic E-state index is 12.6. The Kier molecular flexibility index (Phi) is 4.05. The number of rotatable bonds is 2. The molecule has 1 saturated carbocycles. The number of nitrogens with zero attached hydrogens (tertiary/aromatic N) is 1. The van der Waals surface area contributed by atoms with Crippen molar-refractivity contribution in [2.75, 3.05) is 13.1 Å². The minimum absolute atomic E-state index is 0.0544. The second-order valence-electron chi connectivity index (χ2n) is 5.77. The standard InChI is InChI=1S/C14H15BrClNO3S/c15-12-4-11(5-13(6-12)21(16,19)20)14(18)17-7-9-2-1-3-10(9)8-17/h4-6,9-10H,1-3,7-8H2. The molecule has 1 saturated heterocycles. The van der Waals surface area contributed by atoms with Crippen molar-refractivity contribution < 1.29 is 13.2 Å². The van der Waals surface area contributed by atoms with Crippen LogP contribution in [0.15, 0.2) is 27.6 Å². The number of likely N-dealkylation sites (tertiary alicyclic amines) is 1. The Labute approximate surface area is 137 Å². The molecule has 7 heteroatoms. The molecule has 1 aliphatic heterocycles. The minimum Gasteiger partial charge on any atom is -0.338 e. The van der Waals surface area contributed by atoms with Gasteiger partial charge in [0.2, 0.25) is 0 Å². The maximum Gasteiger partial charge on any atom is 0.261 e. The van der Waals surface area contributed by atoms with Gasteiger partial charge >= 0.3 is 0 Å². The Morgan fingerprint density at radius 1 is 1.19 bits per heavy atom. The number of hydrogen-bond donors (Lipinski definition) is 0. The summed E-state index contributed by atoms with van der Waals surface area (Å²) in [5.74, 6) is 1.10. The van der Waals surface area contributed by atoms with E-state index in [0.29, 0.717) is 21.9 Å². The van der Waals surface area contributed by atoms with Crippen molar-refractivity contribution >= 4 is 41.6 Å². The largest absolute Gasteiger partial charge is 0.338 e. The lowest BCUT2D eigenvalue weighted by Gasteiger charge is -2.18. The molecule has 21 heavy (non-hydrogen) atoms. The maximum absolute atomic E-state index is 12.6. The van der Waals surface area contributed by atoms with E-state index in [1.165, 1.54) is 31.4 Å². The summed E-state index contributed by atoms with van der Waals surface area (Å²) in [5, 5.41) is 0. The number of carbonyl (C=O) groups excluding carboxylic acids is 1. The number of halogens is 2. The van der Waals surface area contributed by atoms with Crippen LogP contribution < -0.4 is 0 Å². The first-order chi connectivity index (χ1) is 9.84. The molecule has 1 aromatic rings. The topological polar surface area (TPSA) is 54.5 Å². The van der Waals surface area contributed by atoms with Crippen molar-refractivity contribution in [3.8, 4) is 0 Å². The van der Waals surface area contributed by atoms with E-state index >= 15 is 0 Å². The average Bonchev–Trinajstić information content (AvgIpc) is 2.96. The van der Waals surface area contributed by atoms with Crippen LogP contribution >= 0.6 is 26.6 Å². The van der Waals surface area contributed by atoms with E-state index in [0.717, 1.165) is 13.1 Å². The summed E-state index contributed by atoms with van der Waals surface area (Å²) in [4.78, 5) is 14.4. The van der Waals surface area contributed by atoms with Gasteiger partial charge in [-0.25, -0.2) is 8.42 Å². The number of carbonyl (C=O) groups is 1. The molecule has 2 fully saturated rings. The predicted molar refractivity (Wildman–Crippen MR) is 83.9 cm³/mol. The van der Waals surface area contributed by atoms with Gasteiger partial charge in [0.05, 0.1) is 4.90 Å². The van der Waals surface area contributed by atoms with Gasteiger partial charge in [0, 0.05) is 33.8 Å². The van der Waals surface area contributed by atoms with Gasteiger partial charge in [0.25, 0.3) is 15.0 Å². The first-order valence-corrected chi connectivity index (χ1v) is 9.99. The quantitative estimate of drug-likeness (QED) is 0.726. The summed E-state index contributed by atoms with van der Waals surface area (Å²) in [5.41, 5.74) is 0.364. The van der Waals surface area contributed by atoms with E-state index in [4.69, 9.17) is 10.7 Å². The third-order valence-electron chi connectivity index (χ3n) is 4.41. The Bertz CT molecular complexity index is 679. The van der Waals surface area contributed by atoms with Crippen molar-refractivity contribution in [1.82, 2.24) is 4.90 Å². The summed E-state index contributed by atoms with van der Waals surface area (Å²) in [7, 11) is 1.52. The summed E-state index contributed by atoms with van der Waals surface area (Å²) in [6.45, 7) is 1.55. The molecule has 3 rings (SSSR count). The van der Waals surface area contributed by atoms with Crippen molar-refractivity contribution in [2.24, 2.45) is 11.8 Å². The Morgan fingerprint density at radius 2 is 1.81 bits per heavy atom. The Hall–Kier alpha value is -0.590. The van der Waals surface area contributed by atoms with Crippen molar-refractivity contribution in [3.63, 3.8) is 0 Å². The second kappa shape index (κ2) is 5.56. The number of hydrogen-bond acceptors (Lipinski definition) is 3. The van der Waals surface area contributed by atoms with E-state index in [1.54, 1.807) is 6.07 Å². The molecule has 1 aliphatic carbocycles. The van der Waals surface area contributed by atoms with Gasteiger partial charge in [-0.3, -0.25) is 4.79 Å². The zero-order valence-electron chi connectivity index (χ0n) is 11.3. The smallest absolute Gasteiger partial charge is 0.261 e. The lowest BCUT2D eigenvalue weighted by atomic mass is 10.0. The molecule has 4 nitrogen and oxygen atoms in total. The van der Waals surface area contributed by atoms with Crippen LogP contribution in [-0.2, 0) is 9.05 Å². The summed E-state index contributed by atoms with van der Waals surface area (Å²) in [6.07, 6.45) is 3.63. The fourth-order valence-corrected chi connectivity index (χ4v) is 4.86. The summed E-state index contributed by atoms with van der Waals surface area (Å²) < 4.78 is 23.5. The third kappa shape index (κ3) is 3.12. The van der Waals surface area contributed by atoms with Gasteiger partial charge < -0.3 is 4.90 Å². The zero-order chi connectivity index (χ0) is 15.2. The fourth-order valence-electron chi connectivity index (χ4n) is 3.41. The number of amides is 1. The molecule has 1 amide bonds. The molecule has 0 spiro atoms. The van der Waals surface area contributed by atoms with Crippen LogP contribution in [0.3, 0.4) is 0 Å². The molecular formula is C14H15BrClNO3S. The predicted octanol–water partition coefficient (Wildman–Crippen LogP) is 3.25. The molecule has 0 bridgehead atoms. The first-order valence-electron chi connectivity index (χ1n) is 6.89. The molecular weight excluding hydrogens is 378 g/mol. The van der Waals surface area contributed by atoms with E-state index in [-0.39, 0.29) is 10.8 Å². The Morgan fingerprint density at radius 3 is 2.38 bits per heavy atom. The molecule has 2 atom stereocenters. The molecule has 2 aliphatic rings. The van der Waals surface area contributed by atoms with Crippen LogP contribution in [0.1, 0.15) is 29.6 Å². The van der Waals surface area contributed by atoms with E-state index < -0.39 is 9.05 Å². The van der Waals surface area contributed by atoms with Gasteiger partial charge in [-0.15, -0.1) is 0 Å². The molecule has 2 unspecified atom stereocenters. The van der Waals surface area contributed by atoms with Gasteiger partial charge in [-0.2, -0.15) is 0 Å². The van der Waals surface area contributed by atoms with E-state index in [2.05, 4.69) is 15.9 Å². The summed E-state index contributed by atoms with van der Waals surface area (Å²) in [6, 6.07) is 4.39. The van der Waals surface area contributed by atoms with Gasteiger partial charge in [0.15, 0.2) is 0 Å². The monoisotopic (exact) mass is 391 g/mol. The van der Waals surface area contributed by atoms with Crippen molar-refractivity contribution in [1.29, 1.82) is 0 Å². The molecule has 0 radical (unpaired) electrons. The fraction of sp³-hybridized carbons (Fsp3) is 0.500. The van der Waals surface area contributed by atoms with Gasteiger partial charge in [-0.05, 0) is 42.9 Å². The molecule has 1 aromatic carbocycles. The van der Waals surface area contributed by atoms with Crippen LogP contribution in [0.2, 0.25) is 0 Å². The van der Waals surface area contributed by atoms with E-state index in [9.17, 15) is 13.2 Å². The van der Waals surface area contributed by atoms with E-state index in [1.807, 2.05) is 4.90 Å². The minimum atomic E-state index is -3.85. The molecule has 114 valence electrons. The highest BCUT2D eigenvalue weighted by molar-refractivity contribution is 9.10. The third-order valence-corrected chi connectivity index (χ3v) is 6.20. The van der Waals surface area contributed by atoms with Crippen LogP contribution in [0.5, 0.6) is 0 Å². The molecule has 0 N–H and O–H groups in total. The normalized spacial score (nSPS) is 25.1. The highest BCUT2D eigenvalue weighted by Crippen LogP contribution is 2.38. The van der Waals surface area contributed by atoms with Crippen LogP contribution in [-0.4, -0.2) is 32.3 Å². The number of benzene rings is 1. The highest BCUT2D eigenvalue weighted by atomic mass is 79.9. The lowest BCUT2D eigenvalue weighted by Crippen LogP contribution is -2.29. The Balaban J connectivity index is 1.87. The van der Waals surface area contributed by atoms with Crippen LogP contribution in [0.25, 0.3) is 0 Å². The highest BCUT2D eigenvalue weighted by Gasteiger charge is 2.38. The van der Waals surface area contributed by atoms with Crippen LogP contribution in [0, 0.1) is 11.8 Å². The second-order valence-corrected chi connectivity index (χ2v) is 9.26.